The van der Waals surface area contributed by atoms with Crippen molar-refractivity contribution in [3.63, 3.8) is 0 Å². The highest BCUT2D eigenvalue weighted by Crippen LogP contribution is 2.13. The second-order valence-corrected chi connectivity index (χ2v) is 3.74. The predicted molar refractivity (Wildman–Crippen MR) is 59.5 cm³/mol. The number of carbonyl (C=O) groups is 1. The molecular weight excluding hydrogens is 244 g/mol. The van der Waals surface area contributed by atoms with E-state index in [-0.39, 0.29) is 12.5 Å². The number of pyridine rings is 1. The molecule has 0 aliphatic rings. The van der Waals surface area contributed by atoms with Crippen LogP contribution in [-0.4, -0.2) is 21.2 Å². The van der Waals surface area contributed by atoms with E-state index in [1.54, 1.807) is 13.0 Å². The van der Waals surface area contributed by atoms with Gasteiger partial charge < -0.3 is 5.32 Å². The highest BCUT2D eigenvalue weighted by atomic mass is 35.5. The molecule has 7 heteroatoms. The standard InChI is InChI=1S/C10H9ClN4O2/c1-6-9(15-17-14-6)5-13-10(16)7-2-3-12-4-8(7)11/h2-4H,5H2,1H3,(H,13,16). The van der Waals surface area contributed by atoms with Gasteiger partial charge in [-0.05, 0) is 13.0 Å². The molecule has 88 valence electrons. The van der Waals surface area contributed by atoms with Crippen LogP contribution < -0.4 is 5.32 Å². The molecule has 0 saturated heterocycles. The highest BCUT2D eigenvalue weighted by Gasteiger charge is 2.11. The fraction of sp³-hybridized carbons (Fsp3) is 0.200. The zero-order valence-corrected chi connectivity index (χ0v) is 9.73. The molecule has 2 aromatic rings. The van der Waals surface area contributed by atoms with Gasteiger partial charge in [-0.25, -0.2) is 4.63 Å². The van der Waals surface area contributed by atoms with E-state index in [1.165, 1.54) is 12.4 Å². The summed E-state index contributed by atoms with van der Waals surface area (Å²) in [7, 11) is 0. The first kappa shape index (κ1) is 11.5. The Morgan fingerprint density at radius 1 is 1.53 bits per heavy atom. The largest absolute Gasteiger partial charge is 0.346 e. The number of nitrogens with one attached hydrogen (secondary N) is 1. The Bertz CT molecular complexity index is 541. The van der Waals surface area contributed by atoms with Crippen molar-refractivity contribution in [2.75, 3.05) is 0 Å². The number of halogens is 1. The van der Waals surface area contributed by atoms with Crippen molar-refractivity contribution in [1.82, 2.24) is 20.6 Å². The monoisotopic (exact) mass is 252 g/mol. The molecule has 0 saturated carbocycles. The number of amides is 1. The van der Waals surface area contributed by atoms with Crippen LogP contribution in [0.1, 0.15) is 21.7 Å². The SMILES string of the molecule is Cc1nonc1CNC(=O)c1ccncc1Cl. The highest BCUT2D eigenvalue weighted by molar-refractivity contribution is 6.33. The van der Waals surface area contributed by atoms with E-state index >= 15 is 0 Å². The Morgan fingerprint density at radius 3 is 3.00 bits per heavy atom. The fourth-order valence-electron chi connectivity index (χ4n) is 1.23. The lowest BCUT2D eigenvalue weighted by molar-refractivity contribution is 0.0950. The molecule has 0 radical (unpaired) electrons. The van der Waals surface area contributed by atoms with Crippen LogP contribution in [0.2, 0.25) is 5.02 Å². The van der Waals surface area contributed by atoms with Crippen molar-refractivity contribution in [3.05, 3.63) is 40.4 Å². The summed E-state index contributed by atoms with van der Waals surface area (Å²) in [5, 5.41) is 10.2. The van der Waals surface area contributed by atoms with Gasteiger partial charge in [0.2, 0.25) is 0 Å². The van der Waals surface area contributed by atoms with Gasteiger partial charge in [-0.15, -0.1) is 0 Å². The molecule has 2 rings (SSSR count). The Kier molecular flexibility index (Phi) is 3.34. The average molecular weight is 253 g/mol. The van der Waals surface area contributed by atoms with E-state index in [2.05, 4.69) is 25.2 Å². The lowest BCUT2D eigenvalue weighted by Crippen LogP contribution is -2.23. The van der Waals surface area contributed by atoms with Crippen molar-refractivity contribution in [2.45, 2.75) is 13.5 Å². The third-order valence-electron chi connectivity index (χ3n) is 2.18. The zero-order valence-electron chi connectivity index (χ0n) is 8.98. The quantitative estimate of drug-likeness (QED) is 0.892. The molecule has 0 atom stereocenters. The topological polar surface area (TPSA) is 80.9 Å². The number of aromatic nitrogens is 3. The van der Waals surface area contributed by atoms with Crippen LogP contribution in [0.25, 0.3) is 0 Å². The van der Waals surface area contributed by atoms with Crippen molar-refractivity contribution >= 4 is 17.5 Å². The van der Waals surface area contributed by atoms with Gasteiger partial charge in [-0.1, -0.05) is 21.9 Å². The molecule has 0 unspecified atom stereocenters. The lowest BCUT2D eigenvalue weighted by atomic mass is 10.2. The summed E-state index contributed by atoms with van der Waals surface area (Å²) in [5.74, 6) is -0.292. The number of hydrogen-bond acceptors (Lipinski definition) is 5. The summed E-state index contributed by atoms with van der Waals surface area (Å²) < 4.78 is 4.52. The van der Waals surface area contributed by atoms with Crippen LogP contribution in [0.4, 0.5) is 0 Å². The first-order chi connectivity index (χ1) is 8.18. The molecule has 2 heterocycles. The number of carbonyl (C=O) groups excluding carboxylic acids is 1. The molecule has 0 bridgehead atoms. The molecule has 0 aliphatic heterocycles. The summed E-state index contributed by atoms with van der Waals surface area (Å²) >= 11 is 5.84. The first-order valence-corrected chi connectivity index (χ1v) is 5.22. The Hall–Kier alpha value is -1.95. The number of hydrogen-bond donors (Lipinski definition) is 1. The fourth-order valence-corrected chi connectivity index (χ4v) is 1.43. The predicted octanol–water partition coefficient (Wildman–Crippen LogP) is 1.36. The average Bonchev–Trinajstić information content (AvgIpc) is 2.72. The normalized spacial score (nSPS) is 10.2. The summed E-state index contributed by atoms with van der Waals surface area (Å²) in [4.78, 5) is 15.6. The summed E-state index contributed by atoms with van der Waals surface area (Å²) in [6.45, 7) is 1.99. The maximum Gasteiger partial charge on any atom is 0.253 e. The summed E-state index contributed by atoms with van der Waals surface area (Å²) in [5.41, 5.74) is 1.60. The Balaban J connectivity index is 2.04. The molecule has 1 amide bonds. The molecular formula is C10H9ClN4O2. The number of aryl methyl sites for hydroxylation is 1. The molecule has 17 heavy (non-hydrogen) atoms. The van der Waals surface area contributed by atoms with E-state index in [0.717, 1.165) is 0 Å². The van der Waals surface area contributed by atoms with Crippen molar-refractivity contribution in [1.29, 1.82) is 0 Å². The minimum Gasteiger partial charge on any atom is -0.346 e. The van der Waals surface area contributed by atoms with Gasteiger partial charge >= 0.3 is 0 Å². The second kappa shape index (κ2) is 4.92. The summed E-state index contributed by atoms with van der Waals surface area (Å²) in [6.07, 6.45) is 2.92. The van der Waals surface area contributed by atoms with Gasteiger partial charge in [-0.3, -0.25) is 9.78 Å². The van der Waals surface area contributed by atoms with Crippen LogP contribution in [0.15, 0.2) is 23.1 Å². The smallest absolute Gasteiger partial charge is 0.253 e. The second-order valence-electron chi connectivity index (χ2n) is 3.33. The van der Waals surface area contributed by atoms with Gasteiger partial charge in [0.1, 0.15) is 11.4 Å². The van der Waals surface area contributed by atoms with E-state index in [0.29, 0.717) is 22.0 Å². The van der Waals surface area contributed by atoms with E-state index in [4.69, 9.17) is 11.6 Å². The van der Waals surface area contributed by atoms with Gasteiger partial charge in [0.25, 0.3) is 5.91 Å². The van der Waals surface area contributed by atoms with Gasteiger partial charge in [0, 0.05) is 12.4 Å². The van der Waals surface area contributed by atoms with E-state index < -0.39 is 0 Å². The van der Waals surface area contributed by atoms with Crippen molar-refractivity contribution in [3.8, 4) is 0 Å². The van der Waals surface area contributed by atoms with Crippen molar-refractivity contribution in [2.24, 2.45) is 0 Å². The van der Waals surface area contributed by atoms with Crippen LogP contribution in [0.5, 0.6) is 0 Å². The number of nitrogens with zero attached hydrogens (tertiary/aromatic N) is 3. The van der Waals surface area contributed by atoms with Gasteiger partial charge in [0.15, 0.2) is 0 Å². The summed E-state index contributed by atoms with van der Waals surface area (Å²) in [6, 6.07) is 1.55. The van der Waals surface area contributed by atoms with Gasteiger partial charge in [0.05, 0.1) is 17.1 Å². The Labute approximate surface area is 102 Å². The molecule has 0 fully saturated rings. The number of rotatable bonds is 3. The minimum atomic E-state index is -0.292. The van der Waals surface area contributed by atoms with Gasteiger partial charge in [-0.2, -0.15) is 0 Å². The van der Waals surface area contributed by atoms with Crippen LogP contribution in [0, 0.1) is 6.92 Å². The lowest BCUT2D eigenvalue weighted by Gasteiger charge is -2.04. The Morgan fingerprint density at radius 2 is 2.35 bits per heavy atom. The zero-order chi connectivity index (χ0) is 12.3. The van der Waals surface area contributed by atoms with Crippen LogP contribution in [0.3, 0.4) is 0 Å². The third kappa shape index (κ3) is 2.59. The maximum absolute atomic E-state index is 11.8. The minimum absolute atomic E-state index is 0.243. The maximum atomic E-state index is 11.8. The van der Waals surface area contributed by atoms with Crippen LogP contribution in [-0.2, 0) is 6.54 Å². The molecule has 0 spiro atoms. The first-order valence-electron chi connectivity index (χ1n) is 4.84. The third-order valence-corrected chi connectivity index (χ3v) is 2.48. The molecule has 2 aromatic heterocycles. The molecule has 6 nitrogen and oxygen atoms in total. The van der Waals surface area contributed by atoms with E-state index in [9.17, 15) is 4.79 Å². The van der Waals surface area contributed by atoms with Crippen molar-refractivity contribution < 1.29 is 9.42 Å². The van der Waals surface area contributed by atoms with Crippen LogP contribution >= 0.6 is 11.6 Å². The molecule has 1 N–H and O–H groups in total. The molecule has 0 aliphatic carbocycles. The van der Waals surface area contributed by atoms with E-state index in [1.807, 2.05) is 0 Å². The molecule has 0 aromatic carbocycles.